The third kappa shape index (κ3) is 4.15. The Morgan fingerprint density at radius 2 is 1.74 bits per heavy atom. The number of aromatic nitrogens is 2. The number of para-hydroxylation sites is 1. The van der Waals surface area contributed by atoms with Gasteiger partial charge in [-0.25, -0.2) is 0 Å². The van der Waals surface area contributed by atoms with Crippen molar-refractivity contribution in [1.82, 2.24) is 9.78 Å². The molecule has 0 saturated heterocycles. The average Bonchev–Trinajstić information content (AvgIpc) is 3.16. The van der Waals surface area contributed by atoms with E-state index in [4.69, 9.17) is 16.3 Å². The van der Waals surface area contributed by atoms with Gasteiger partial charge in [0.1, 0.15) is 0 Å². The maximum absolute atomic E-state index is 13.3. The number of ether oxygens (including phenoxy) is 1. The van der Waals surface area contributed by atoms with E-state index in [-0.39, 0.29) is 27.9 Å². The van der Waals surface area contributed by atoms with Crippen molar-refractivity contribution in [3.05, 3.63) is 70.4 Å². The second-order valence-corrected chi connectivity index (χ2v) is 10.2. The number of halogens is 4. The van der Waals surface area contributed by atoms with E-state index in [2.05, 4.69) is 31.9 Å². The number of carbonyl (C=O) groups excluding carboxylic acids is 1. The molecule has 0 fully saturated rings. The molecule has 0 unspecified atom stereocenters. The lowest BCUT2D eigenvalue weighted by Gasteiger charge is -2.50. The molecule has 9 heteroatoms. The number of benzene rings is 2. The Labute approximate surface area is 201 Å². The highest BCUT2D eigenvalue weighted by molar-refractivity contribution is 6.32. The number of nitrogens with zero attached hydrogens (tertiary/aromatic N) is 3. The topological polar surface area (TPSA) is 47.4 Å². The molecule has 0 N–H and O–H groups in total. The van der Waals surface area contributed by atoms with Gasteiger partial charge >= 0.3 is 6.18 Å². The number of alkyl halides is 3. The molecule has 34 heavy (non-hydrogen) atoms. The van der Waals surface area contributed by atoms with Gasteiger partial charge in [0.2, 0.25) is 5.88 Å². The van der Waals surface area contributed by atoms with Gasteiger partial charge in [0.15, 0.2) is 12.3 Å². The quantitative estimate of drug-likeness (QED) is 0.418. The molecule has 0 radical (unpaired) electrons. The number of amides is 1. The second kappa shape index (κ2) is 8.05. The standard InChI is InChI=1S/C25H25ClF3N3O2/c1-23(2,3)15-10-11-16-19(12-15)31(24(16,4)5)21(33)14-34-22-13-20(25(27,28)29)30-32(22)18-9-7-6-8-17(18)26/h6-13H,14H2,1-5H3. The molecular formula is C25H25ClF3N3O2. The summed E-state index contributed by atoms with van der Waals surface area (Å²) in [6, 6.07) is 13.1. The monoisotopic (exact) mass is 491 g/mol. The summed E-state index contributed by atoms with van der Waals surface area (Å²) in [7, 11) is 0. The first-order valence-electron chi connectivity index (χ1n) is 10.7. The number of rotatable bonds is 4. The van der Waals surface area contributed by atoms with Crippen molar-refractivity contribution in [2.45, 2.75) is 51.7 Å². The lowest BCUT2D eigenvalue weighted by atomic mass is 9.77. The van der Waals surface area contributed by atoms with Gasteiger partial charge < -0.3 is 4.74 Å². The van der Waals surface area contributed by atoms with Gasteiger partial charge in [0.05, 0.1) is 21.9 Å². The summed E-state index contributed by atoms with van der Waals surface area (Å²) in [6.45, 7) is 9.63. The van der Waals surface area contributed by atoms with Crippen LogP contribution in [0.15, 0.2) is 48.5 Å². The fourth-order valence-electron chi connectivity index (χ4n) is 4.12. The summed E-state index contributed by atoms with van der Waals surface area (Å²) in [5, 5.41) is 3.83. The smallest absolute Gasteiger partial charge is 0.435 e. The van der Waals surface area contributed by atoms with Crippen LogP contribution in [0.2, 0.25) is 5.02 Å². The van der Waals surface area contributed by atoms with E-state index < -0.39 is 24.0 Å². The number of carbonyl (C=O) groups is 1. The lowest BCUT2D eigenvalue weighted by Crippen LogP contribution is -2.55. The highest BCUT2D eigenvalue weighted by Crippen LogP contribution is 2.49. The van der Waals surface area contributed by atoms with Crippen LogP contribution in [0.25, 0.3) is 5.69 Å². The number of hydrogen-bond donors (Lipinski definition) is 0. The van der Waals surface area contributed by atoms with Crippen LogP contribution in [-0.4, -0.2) is 22.3 Å². The molecule has 2 heterocycles. The van der Waals surface area contributed by atoms with Crippen LogP contribution in [0.4, 0.5) is 18.9 Å². The first kappa shape index (κ1) is 24.1. The number of hydrogen-bond acceptors (Lipinski definition) is 3. The van der Waals surface area contributed by atoms with Crippen molar-refractivity contribution in [2.75, 3.05) is 11.5 Å². The van der Waals surface area contributed by atoms with Crippen LogP contribution in [0.3, 0.4) is 0 Å². The molecule has 0 aliphatic carbocycles. The van der Waals surface area contributed by atoms with E-state index in [0.29, 0.717) is 0 Å². The van der Waals surface area contributed by atoms with Gasteiger partial charge in [-0.2, -0.15) is 23.0 Å². The number of anilines is 1. The SMILES string of the molecule is CC(C)(C)c1ccc2c(c1)N(C(=O)COc1cc(C(F)(F)F)nn1-c1ccccc1Cl)C2(C)C. The molecule has 1 amide bonds. The van der Waals surface area contributed by atoms with Crippen LogP contribution < -0.4 is 9.64 Å². The third-order valence-electron chi connectivity index (χ3n) is 5.96. The first-order valence-corrected chi connectivity index (χ1v) is 11.1. The highest BCUT2D eigenvalue weighted by Gasteiger charge is 2.46. The van der Waals surface area contributed by atoms with Crippen molar-refractivity contribution < 1.29 is 22.7 Å². The largest absolute Gasteiger partial charge is 0.467 e. The predicted octanol–water partition coefficient (Wildman–Crippen LogP) is 6.50. The Morgan fingerprint density at radius 3 is 2.35 bits per heavy atom. The molecule has 0 saturated carbocycles. The van der Waals surface area contributed by atoms with Gasteiger partial charge in [-0.15, -0.1) is 0 Å². The van der Waals surface area contributed by atoms with Crippen LogP contribution in [-0.2, 0) is 21.9 Å². The van der Waals surface area contributed by atoms with Gasteiger partial charge in [-0.05, 0) is 43.0 Å². The average molecular weight is 492 g/mol. The number of fused-ring (bicyclic) bond motifs is 1. The highest BCUT2D eigenvalue weighted by atomic mass is 35.5. The zero-order chi connectivity index (χ0) is 25.1. The Bertz CT molecular complexity index is 1260. The molecule has 1 aliphatic rings. The Kier molecular flexibility index (Phi) is 5.71. The minimum atomic E-state index is -4.68. The van der Waals surface area contributed by atoms with Crippen molar-refractivity contribution in [3.8, 4) is 11.6 Å². The molecule has 1 aliphatic heterocycles. The zero-order valence-electron chi connectivity index (χ0n) is 19.5. The molecule has 180 valence electrons. The van der Waals surface area contributed by atoms with E-state index in [0.717, 1.165) is 27.6 Å². The summed E-state index contributed by atoms with van der Waals surface area (Å²) in [4.78, 5) is 14.8. The fourth-order valence-corrected chi connectivity index (χ4v) is 4.33. The first-order chi connectivity index (χ1) is 15.7. The van der Waals surface area contributed by atoms with E-state index >= 15 is 0 Å². The molecule has 0 atom stereocenters. The van der Waals surface area contributed by atoms with Crippen LogP contribution in [0, 0.1) is 0 Å². The van der Waals surface area contributed by atoms with Crippen LogP contribution >= 0.6 is 11.6 Å². The van der Waals surface area contributed by atoms with Crippen molar-refractivity contribution in [2.24, 2.45) is 0 Å². The van der Waals surface area contributed by atoms with Crippen molar-refractivity contribution in [1.29, 1.82) is 0 Å². The second-order valence-electron chi connectivity index (χ2n) is 9.79. The van der Waals surface area contributed by atoms with Crippen molar-refractivity contribution >= 4 is 23.2 Å². The normalized spacial score (nSPS) is 15.0. The minimum absolute atomic E-state index is 0.102. The molecule has 4 rings (SSSR count). The van der Waals surface area contributed by atoms with Gasteiger partial charge in [-0.3, -0.25) is 9.69 Å². The lowest BCUT2D eigenvalue weighted by molar-refractivity contribution is -0.141. The minimum Gasteiger partial charge on any atom is -0.467 e. The van der Waals surface area contributed by atoms with E-state index in [1.54, 1.807) is 17.0 Å². The zero-order valence-corrected chi connectivity index (χ0v) is 20.3. The predicted molar refractivity (Wildman–Crippen MR) is 125 cm³/mol. The maximum atomic E-state index is 13.3. The molecule has 1 aromatic heterocycles. The summed E-state index contributed by atoms with van der Waals surface area (Å²) in [6.07, 6.45) is -4.68. The van der Waals surface area contributed by atoms with Crippen LogP contribution in [0.1, 0.15) is 51.4 Å². The van der Waals surface area contributed by atoms with E-state index in [1.807, 2.05) is 26.0 Å². The van der Waals surface area contributed by atoms with E-state index in [1.165, 1.54) is 12.1 Å². The van der Waals surface area contributed by atoms with Crippen LogP contribution in [0.5, 0.6) is 5.88 Å². The molecule has 0 spiro atoms. The van der Waals surface area contributed by atoms with Gasteiger partial charge in [0, 0.05) is 11.6 Å². The van der Waals surface area contributed by atoms with Gasteiger partial charge in [0.25, 0.3) is 5.91 Å². The Hall–Kier alpha value is -3.00. The molecule has 0 bridgehead atoms. The Balaban J connectivity index is 1.63. The van der Waals surface area contributed by atoms with Crippen molar-refractivity contribution in [3.63, 3.8) is 0 Å². The molecule has 2 aromatic carbocycles. The molecule has 5 nitrogen and oxygen atoms in total. The summed E-state index contributed by atoms with van der Waals surface area (Å²) in [5.74, 6) is -0.597. The fraction of sp³-hybridized carbons (Fsp3) is 0.360. The third-order valence-corrected chi connectivity index (χ3v) is 6.28. The summed E-state index contributed by atoms with van der Waals surface area (Å²) < 4.78 is 46.6. The van der Waals surface area contributed by atoms with Gasteiger partial charge in [-0.1, -0.05) is 56.6 Å². The van der Waals surface area contributed by atoms with E-state index in [9.17, 15) is 18.0 Å². The Morgan fingerprint density at radius 1 is 1.06 bits per heavy atom. The molecular weight excluding hydrogens is 467 g/mol. The maximum Gasteiger partial charge on any atom is 0.435 e. The summed E-state index contributed by atoms with van der Waals surface area (Å²) in [5.41, 5.74) is 1.29. The summed E-state index contributed by atoms with van der Waals surface area (Å²) >= 11 is 6.17. The molecule has 3 aromatic rings.